The number of aliphatic hydroxyl groups excluding tert-OH is 1. The first-order chi connectivity index (χ1) is 18.1. The summed E-state index contributed by atoms with van der Waals surface area (Å²) in [6, 6.07) is 25.3. The summed E-state index contributed by atoms with van der Waals surface area (Å²) in [5, 5.41) is 28.4. The van der Waals surface area contributed by atoms with E-state index >= 15 is 0 Å². The molecule has 4 aromatic rings. The Labute approximate surface area is 214 Å². The van der Waals surface area contributed by atoms with E-state index in [2.05, 4.69) is 32.8 Å². The predicted molar refractivity (Wildman–Crippen MR) is 133 cm³/mol. The highest BCUT2D eigenvalue weighted by atomic mass is 19.4. The van der Waals surface area contributed by atoms with Gasteiger partial charge in [0.15, 0.2) is 0 Å². The van der Waals surface area contributed by atoms with Crippen molar-refractivity contribution in [2.24, 2.45) is 0 Å². The van der Waals surface area contributed by atoms with Gasteiger partial charge in [0.2, 0.25) is 5.95 Å². The topological polar surface area (TPSA) is 132 Å². The molecule has 2 atom stereocenters. The van der Waals surface area contributed by atoms with E-state index in [1.807, 2.05) is 66.7 Å². The molecule has 0 unspecified atom stereocenters. The Balaban J connectivity index is 0.000000426. The molecule has 0 aliphatic heterocycles. The van der Waals surface area contributed by atoms with E-state index in [4.69, 9.17) is 9.90 Å². The summed E-state index contributed by atoms with van der Waals surface area (Å²) in [6.07, 6.45) is -4.81. The number of carboxylic acids is 1. The predicted octanol–water partition coefficient (Wildman–Crippen LogP) is 3.69. The Morgan fingerprint density at radius 1 is 1.03 bits per heavy atom. The summed E-state index contributed by atoms with van der Waals surface area (Å²) in [5.74, 6) is -2.38. The average Bonchev–Trinajstić information content (AvgIpc) is 3.42. The zero-order valence-electron chi connectivity index (χ0n) is 19.8. The van der Waals surface area contributed by atoms with Crippen LogP contribution in [0.15, 0.2) is 83.7 Å². The number of aliphatic hydroxyl groups is 1. The lowest BCUT2D eigenvalue weighted by molar-refractivity contribution is -0.192. The number of H-pyrrole nitrogens is 1. The maximum atomic E-state index is 12.2. The number of aliphatic carboxylic acids is 1. The third-order valence-corrected chi connectivity index (χ3v) is 5.81. The van der Waals surface area contributed by atoms with Crippen molar-refractivity contribution in [1.29, 1.82) is 0 Å². The molecule has 1 heterocycles. The number of rotatable bonds is 6. The maximum Gasteiger partial charge on any atom is 0.490 e. The first-order valence-corrected chi connectivity index (χ1v) is 11.5. The molecule has 5 rings (SSSR count). The van der Waals surface area contributed by atoms with Gasteiger partial charge in [0.1, 0.15) is 0 Å². The molecule has 9 nitrogen and oxygen atoms in total. The number of aromatic nitrogens is 3. The summed E-state index contributed by atoms with van der Waals surface area (Å²) in [6.45, 7) is 0.649. The number of nitrogens with zero attached hydrogens (tertiary/aromatic N) is 2. The normalized spacial score (nSPS) is 16.3. The quantitative estimate of drug-likeness (QED) is 0.258. The zero-order valence-corrected chi connectivity index (χ0v) is 19.8. The van der Waals surface area contributed by atoms with Crippen LogP contribution < -0.4 is 16.3 Å². The number of nitrogens with one attached hydrogen (secondary N) is 3. The number of benzene rings is 3. The van der Waals surface area contributed by atoms with E-state index in [0.717, 1.165) is 11.3 Å². The minimum Gasteiger partial charge on any atom is -0.475 e. The van der Waals surface area contributed by atoms with Crippen molar-refractivity contribution in [3.63, 3.8) is 0 Å². The number of para-hydroxylation sites is 1. The van der Waals surface area contributed by atoms with Gasteiger partial charge in [-0.15, -0.1) is 5.10 Å². The molecule has 5 N–H and O–H groups in total. The molecular weight excluding hydrogens is 503 g/mol. The Hall–Kier alpha value is -4.42. The summed E-state index contributed by atoms with van der Waals surface area (Å²) >= 11 is 0. The number of carbonyl (C=O) groups is 1. The standard InChI is InChI=1S/C24H23N5O2.C2HF3O2/c30-21-14-17-6-4-5-9-20(17)22(21)25-15-16-10-12-18(13-11-16)26-23-27-24(31)29(28-23)19-7-2-1-3-8-19;3-2(4,5)1(6)7/h1-13,21-22,25,30H,14-15H2,(H2,26,27,28,31);(H,6,7)/t21-,22+;/m0./s1. The van der Waals surface area contributed by atoms with Crippen LogP contribution in [0.25, 0.3) is 5.69 Å². The van der Waals surface area contributed by atoms with Crippen LogP contribution in [0.5, 0.6) is 0 Å². The van der Waals surface area contributed by atoms with Crippen molar-refractivity contribution >= 4 is 17.6 Å². The van der Waals surface area contributed by atoms with Crippen LogP contribution >= 0.6 is 0 Å². The molecular formula is C26H24F3N5O4. The van der Waals surface area contributed by atoms with Gasteiger partial charge in [-0.25, -0.2) is 9.59 Å². The summed E-state index contributed by atoms with van der Waals surface area (Å²) in [7, 11) is 0. The Kier molecular flexibility index (Phi) is 7.93. The molecule has 0 amide bonds. The van der Waals surface area contributed by atoms with Gasteiger partial charge in [0, 0.05) is 18.7 Å². The van der Waals surface area contributed by atoms with E-state index in [-0.39, 0.29) is 11.7 Å². The molecule has 198 valence electrons. The van der Waals surface area contributed by atoms with Gasteiger partial charge >= 0.3 is 17.8 Å². The average molecular weight is 528 g/mol. The van der Waals surface area contributed by atoms with Crippen molar-refractivity contribution in [2.75, 3.05) is 5.32 Å². The first-order valence-electron chi connectivity index (χ1n) is 11.5. The van der Waals surface area contributed by atoms with Crippen LogP contribution in [-0.2, 0) is 17.8 Å². The summed E-state index contributed by atoms with van der Waals surface area (Å²) in [5.41, 5.74) is 4.70. The number of carboxylic acid groups (broad SMARTS) is 1. The second-order valence-corrected chi connectivity index (χ2v) is 8.48. The van der Waals surface area contributed by atoms with Crippen LogP contribution in [0.4, 0.5) is 24.8 Å². The lowest BCUT2D eigenvalue weighted by Crippen LogP contribution is -2.28. The minimum atomic E-state index is -5.08. The minimum absolute atomic E-state index is 0.0546. The molecule has 1 aliphatic rings. The number of halogens is 3. The molecule has 0 radical (unpaired) electrons. The second-order valence-electron chi connectivity index (χ2n) is 8.48. The van der Waals surface area contributed by atoms with E-state index in [1.54, 1.807) is 0 Å². The van der Waals surface area contributed by atoms with Gasteiger partial charge in [-0.2, -0.15) is 17.9 Å². The molecule has 0 bridgehead atoms. The molecule has 1 aromatic heterocycles. The fraction of sp³-hybridized carbons (Fsp3) is 0.192. The van der Waals surface area contributed by atoms with Crippen molar-refractivity contribution in [3.05, 3.63) is 106 Å². The van der Waals surface area contributed by atoms with Gasteiger partial charge in [-0.05, 0) is 41.0 Å². The number of hydrogen-bond acceptors (Lipinski definition) is 6. The Bertz CT molecular complexity index is 1440. The number of anilines is 2. The molecule has 0 saturated heterocycles. The van der Waals surface area contributed by atoms with Crippen LogP contribution in [-0.4, -0.2) is 43.2 Å². The van der Waals surface area contributed by atoms with Crippen LogP contribution in [0.2, 0.25) is 0 Å². The first kappa shape index (κ1) is 26.6. The van der Waals surface area contributed by atoms with Crippen molar-refractivity contribution in [2.45, 2.75) is 31.3 Å². The highest BCUT2D eigenvalue weighted by molar-refractivity contribution is 5.73. The third kappa shape index (κ3) is 6.47. The summed E-state index contributed by atoms with van der Waals surface area (Å²) < 4.78 is 33.1. The fourth-order valence-electron chi connectivity index (χ4n) is 4.02. The highest BCUT2D eigenvalue weighted by Crippen LogP contribution is 2.31. The van der Waals surface area contributed by atoms with E-state index in [1.165, 1.54) is 15.8 Å². The van der Waals surface area contributed by atoms with Crippen LogP contribution in [0.1, 0.15) is 22.7 Å². The SMILES string of the molecule is O=C(O)C(F)(F)F.O=c1[nH]c(Nc2ccc(CN[C@@H]3c4ccccc4C[C@@H]3O)cc2)nn1-c1ccccc1. The monoisotopic (exact) mass is 527 g/mol. The van der Waals surface area contributed by atoms with E-state index < -0.39 is 18.2 Å². The van der Waals surface area contributed by atoms with Gasteiger partial charge in [0.25, 0.3) is 0 Å². The molecule has 3 aromatic carbocycles. The zero-order chi connectivity index (χ0) is 27.3. The molecule has 38 heavy (non-hydrogen) atoms. The fourth-order valence-corrected chi connectivity index (χ4v) is 4.02. The number of alkyl halides is 3. The lowest BCUT2D eigenvalue weighted by Gasteiger charge is -2.18. The van der Waals surface area contributed by atoms with E-state index in [0.29, 0.717) is 24.6 Å². The van der Waals surface area contributed by atoms with Gasteiger partial charge in [-0.3, -0.25) is 4.98 Å². The van der Waals surface area contributed by atoms with Crippen molar-refractivity contribution < 1.29 is 28.2 Å². The van der Waals surface area contributed by atoms with Crippen LogP contribution in [0, 0.1) is 0 Å². The number of hydrogen-bond donors (Lipinski definition) is 5. The summed E-state index contributed by atoms with van der Waals surface area (Å²) in [4.78, 5) is 23.8. The van der Waals surface area contributed by atoms with Crippen LogP contribution in [0.3, 0.4) is 0 Å². The van der Waals surface area contributed by atoms with Crippen molar-refractivity contribution in [3.8, 4) is 5.69 Å². The number of fused-ring (bicyclic) bond motifs is 1. The second kappa shape index (κ2) is 11.3. The van der Waals surface area contributed by atoms with E-state index in [9.17, 15) is 23.1 Å². The maximum absolute atomic E-state index is 12.2. The highest BCUT2D eigenvalue weighted by Gasteiger charge is 2.38. The molecule has 12 heteroatoms. The van der Waals surface area contributed by atoms with Gasteiger partial charge < -0.3 is 20.8 Å². The van der Waals surface area contributed by atoms with Crippen molar-refractivity contribution in [1.82, 2.24) is 20.1 Å². The largest absolute Gasteiger partial charge is 0.490 e. The van der Waals surface area contributed by atoms with Gasteiger partial charge in [0.05, 0.1) is 17.8 Å². The Morgan fingerprint density at radius 2 is 1.66 bits per heavy atom. The molecule has 0 saturated carbocycles. The van der Waals surface area contributed by atoms with Gasteiger partial charge in [-0.1, -0.05) is 54.6 Å². The molecule has 0 spiro atoms. The smallest absolute Gasteiger partial charge is 0.475 e. The molecule has 0 fully saturated rings. The number of aromatic amines is 1. The third-order valence-electron chi connectivity index (χ3n) is 5.81. The lowest BCUT2D eigenvalue weighted by atomic mass is 10.1. The molecule has 1 aliphatic carbocycles. The Morgan fingerprint density at radius 3 is 2.32 bits per heavy atom.